The van der Waals surface area contributed by atoms with Crippen molar-refractivity contribution in [1.29, 1.82) is 0 Å². The highest BCUT2D eigenvalue weighted by Crippen LogP contribution is 2.37. The van der Waals surface area contributed by atoms with Gasteiger partial charge in [0.05, 0.1) is 35.6 Å². The highest BCUT2D eigenvalue weighted by Gasteiger charge is 2.35. The molecule has 1 fully saturated rings. The number of rotatable bonds is 7. The quantitative estimate of drug-likeness (QED) is 0.253. The predicted molar refractivity (Wildman–Crippen MR) is 175 cm³/mol. The number of hydrogen-bond acceptors (Lipinski definition) is 8. The molecule has 1 saturated heterocycles. The molecule has 0 spiro atoms. The minimum Gasteiger partial charge on any atom is -0.463 e. The predicted octanol–water partition coefficient (Wildman–Crippen LogP) is 3.81. The Morgan fingerprint density at radius 3 is 2.58 bits per heavy atom. The second-order valence-corrected chi connectivity index (χ2v) is 12.7. The Morgan fingerprint density at radius 1 is 1.04 bits per heavy atom. The lowest BCUT2D eigenvalue weighted by atomic mass is 9.97. The van der Waals surface area contributed by atoms with Gasteiger partial charge in [0, 0.05) is 46.2 Å². The molecule has 0 saturated carbocycles. The van der Waals surface area contributed by atoms with Gasteiger partial charge in [-0.05, 0) is 30.5 Å². The zero-order valence-corrected chi connectivity index (χ0v) is 26.2. The van der Waals surface area contributed by atoms with Crippen LogP contribution in [0.5, 0.6) is 0 Å². The minimum absolute atomic E-state index is 0.0286. The standard InChI is InChI=1S/C34H30N4O5S2/c1-2-43-33(41)29-30(22-9-4-3-5-10-22)35-34-38(31(29)26-13-8-18-44-26)32(40)27(45-34)19-23-20-37(25-12-7-6-11-24(23)25)21-28(39)36-14-16-42-17-15-36/h3-13,18-20,31H,2,14-17,21H2,1H3/b27-19+/t31-/m1/s1. The maximum absolute atomic E-state index is 14.3. The molecule has 45 heavy (non-hydrogen) atoms. The maximum atomic E-state index is 14.3. The molecule has 1 atom stereocenters. The summed E-state index contributed by atoms with van der Waals surface area (Å²) in [6, 6.07) is 20.5. The van der Waals surface area contributed by atoms with Crippen LogP contribution in [-0.4, -0.2) is 58.8 Å². The molecule has 0 bridgehead atoms. The number of aromatic nitrogens is 2. The van der Waals surface area contributed by atoms with Gasteiger partial charge in [-0.15, -0.1) is 11.3 Å². The van der Waals surface area contributed by atoms with Crippen LogP contribution in [-0.2, 0) is 25.6 Å². The molecule has 1 amide bonds. The summed E-state index contributed by atoms with van der Waals surface area (Å²) in [5.41, 5.74) is 3.10. The van der Waals surface area contributed by atoms with E-state index in [0.717, 1.165) is 26.9 Å². The fourth-order valence-electron chi connectivity index (χ4n) is 5.88. The van der Waals surface area contributed by atoms with E-state index >= 15 is 0 Å². The second-order valence-electron chi connectivity index (χ2n) is 10.7. The van der Waals surface area contributed by atoms with Crippen LogP contribution in [0, 0.1) is 0 Å². The molecule has 3 aromatic heterocycles. The Morgan fingerprint density at radius 2 is 1.82 bits per heavy atom. The summed E-state index contributed by atoms with van der Waals surface area (Å²) in [6.45, 7) is 4.40. The molecule has 0 N–H and O–H groups in total. The summed E-state index contributed by atoms with van der Waals surface area (Å²) >= 11 is 2.76. The Bertz CT molecular complexity index is 2100. The third kappa shape index (κ3) is 5.47. The Balaban J connectivity index is 1.38. The van der Waals surface area contributed by atoms with E-state index in [1.165, 1.54) is 22.7 Å². The molecular weight excluding hydrogens is 609 g/mol. The highest BCUT2D eigenvalue weighted by atomic mass is 32.1. The average Bonchev–Trinajstić information content (AvgIpc) is 3.80. The lowest BCUT2D eigenvalue weighted by molar-refractivity contribution is -0.139. The molecule has 7 rings (SSSR count). The van der Waals surface area contributed by atoms with Crippen LogP contribution < -0.4 is 14.9 Å². The SMILES string of the molecule is CCOC(=O)C1=C(c2ccccc2)N=c2s/c(=C/c3cn(CC(=O)N4CCOCC4)c4ccccc34)c(=O)n2[C@@H]1c1cccs1. The number of carbonyl (C=O) groups is 2. The molecule has 11 heteroatoms. The topological polar surface area (TPSA) is 95.1 Å². The molecule has 9 nitrogen and oxygen atoms in total. The van der Waals surface area contributed by atoms with Gasteiger partial charge in [0.1, 0.15) is 12.6 Å². The number of morpholine rings is 1. The first-order chi connectivity index (χ1) is 22.0. The summed E-state index contributed by atoms with van der Waals surface area (Å²) in [5, 5.41) is 2.87. The van der Waals surface area contributed by atoms with Crippen LogP contribution >= 0.6 is 22.7 Å². The van der Waals surface area contributed by atoms with Gasteiger partial charge in [0.25, 0.3) is 5.56 Å². The van der Waals surface area contributed by atoms with Crippen LogP contribution in [0.3, 0.4) is 0 Å². The number of amides is 1. The number of para-hydroxylation sites is 1. The van der Waals surface area contributed by atoms with E-state index in [-0.39, 0.29) is 24.6 Å². The van der Waals surface area contributed by atoms with E-state index in [1.54, 1.807) is 11.5 Å². The Labute approximate surface area is 266 Å². The van der Waals surface area contributed by atoms with Crippen LogP contribution in [0.1, 0.15) is 29.0 Å². The van der Waals surface area contributed by atoms with Crippen molar-refractivity contribution in [3.63, 3.8) is 0 Å². The van der Waals surface area contributed by atoms with Crippen molar-refractivity contribution >= 4 is 57.2 Å². The van der Waals surface area contributed by atoms with Gasteiger partial charge in [0.2, 0.25) is 5.91 Å². The summed E-state index contributed by atoms with van der Waals surface area (Å²) in [4.78, 5) is 49.0. The molecule has 2 aliphatic heterocycles. The van der Waals surface area contributed by atoms with Crippen LogP contribution in [0.2, 0.25) is 0 Å². The molecule has 2 aromatic carbocycles. The van der Waals surface area contributed by atoms with Crippen molar-refractivity contribution in [2.75, 3.05) is 32.9 Å². The fraction of sp³-hybridized carbons (Fsp3) is 0.235. The Kier molecular flexibility index (Phi) is 8.05. The van der Waals surface area contributed by atoms with Crippen molar-refractivity contribution < 1.29 is 19.1 Å². The fourth-order valence-corrected chi connectivity index (χ4v) is 7.69. The van der Waals surface area contributed by atoms with Crippen molar-refractivity contribution in [3.05, 3.63) is 120 Å². The number of thiazole rings is 1. The molecule has 0 aliphatic carbocycles. The van der Waals surface area contributed by atoms with Gasteiger partial charge in [-0.2, -0.15) is 0 Å². The molecule has 5 aromatic rings. The van der Waals surface area contributed by atoms with E-state index < -0.39 is 12.0 Å². The third-order valence-electron chi connectivity index (χ3n) is 7.96. The number of thiophene rings is 1. The van der Waals surface area contributed by atoms with Gasteiger partial charge in [-0.1, -0.05) is 65.9 Å². The maximum Gasteiger partial charge on any atom is 0.338 e. The van der Waals surface area contributed by atoms with Crippen molar-refractivity contribution in [2.24, 2.45) is 4.99 Å². The summed E-state index contributed by atoms with van der Waals surface area (Å²) in [6.07, 6.45) is 3.79. The first-order valence-electron chi connectivity index (χ1n) is 14.8. The molecule has 2 aliphatic rings. The number of fused-ring (bicyclic) bond motifs is 2. The molecule has 0 radical (unpaired) electrons. The van der Waals surface area contributed by atoms with Gasteiger partial charge < -0.3 is 18.9 Å². The molecule has 5 heterocycles. The molecule has 228 valence electrons. The Hall–Kier alpha value is -4.58. The van der Waals surface area contributed by atoms with E-state index in [0.29, 0.717) is 46.9 Å². The normalized spacial score (nSPS) is 17.0. The largest absolute Gasteiger partial charge is 0.463 e. The van der Waals surface area contributed by atoms with Crippen LogP contribution in [0.4, 0.5) is 0 Å². The zero-order chi connectivity index (χ0) is 30.9. The number of benzene rings is 2. The summed E-state index contributed by atoms with van der Waals surface area (Å²) < 4.78 is 15.0. The summed E-state index contributed by atoms with van der Waals surface area (Å²) in [5.74, 6) is -0.471. The number of ether oxygens (including phenoxy) is 2. The van der Waals surface area contributed by atoms with E-state index in [9.17, 15) is 14.4 Å². The number of hydrogen-bond donors (Lipinski definition) is 0. The lowest BCUT2D eigenvalue weighted by Crippen LogP contribution is -2.42. The number of esters is 1. The van der Waals surface area contributed by atoms with Gasteiger partial charge in [-0.3, -0.25) is 14.2 Å². The average molecular weight is 639 g/mol. The monoisotopic (exact) mass is 638 g/mol. The third-order valence-corrected chi connectivity index (χ3v) is 9.87. The first-order valence-corrected chi connectivity index (χ1v) is 16.5. The van der Waals surface area contributed by atoms with E-state index in [4.69, 9.17) is 14.5 Å². The van der Waals surface area contributed by atoms with E-state index in [1.807, 2.05) is 93.8 Å². The van der Waals surface area contributed by atoms with Gasteiger partial charge in [-0.25, -0.2) is 9.79 Å². The van der Waals surface area contributed by atoms with Gasteiger partial charge in [0.15, 0.2) is 4.80 Å². The second kappa shape index (κ2) is 12.4. The number of nitrogens with zero attached hydrogens (tertiary/aromatic N) is 4. The van der Waals surface area contributed by atoms with E-state index in [2.05, 4.69) is 0 Å². The minimum atomic E-state index is -0.690. The summed E-state index contributed by atoms with van der Waals surface area (Å²) in [7, 11) is 0. The van der Waals surface area contributed by atoms with Crippen molar-refractivity contribution in [3.8, 4) is 0 Å². The highest BCUT2D eigenvalue weighted by molar-refractivity contribution is 7.10. The first kappa shape index (κ1) is 29.1. The van der Waals surface area contributed by atoms with Crippen LogP contribution in [0.15, 0.2) is 93.7 Å². The smallest absolute Gasteiger partial charge is 0.338 e. The van der Waals surface area contributed by atoms with Crippen molar-refractivity contribution in [2.45, 2.75) is 19.5 Å². The van der Waals surface area contributed by atoms with Crippen LogP contribution in [0.25, 0.3) is 22.7 Å². The van der Waals surface area contributed by atoms with Crippen molar-refractivity contribution in [1.82, 2.24) is 14.0 Å². The number of carbonyl (C=O) groups excluding carboxylic acids is 2. The molecular formula is C34H30N4O5S2. The van der Waals surface area contributed by atoms with Gasteiger partial charge >= 0.3 is 5.97 Å². The lowest BCUT2D eigenvalue weighted by Gasteiger charge is -2.27. The zero-order valence-electron chi connectivity index (χ0n) is 24.5. The molecule has 0 unspecified atom stereocenters.